The van der Waals surface area contributed by atoms with E-state index in [2.05, 4.69) is 0 Å². The average Bonchev–Trinajstić information content (AvgIpc) is 2.20. The molecule has 0 fully saturated rings. The molecular formula is C10H10ClNO3. The molecule has 0 saturated carbocycles. The molecule has 0 unspecified atom stereocenters. The molecule has 1 aromatic carbocycles. The summed E-state index contributed by atoms with van der Waals surface area (Å²) in [5.74, 6) is -0.719. The largest absolute Gasteiger partial charge is 0.496 e. The van der Waals surface area contributed by atoms with E-state index in [4.69, 9.17) is 27.2 Å². The Kier molecular flexibility index (Phi) is 3.57. The topological polar surface area (TPSA) is 72.5 Å². The molecule has 0 bridgehead atoms. The van der Waals surface area contributed by atoms with Crippen molar-refractivity contribution in [3.63, 3.8) is 0 Å². The number of nitrogens with two attached hydrogens (primary N) is 1. The zero-order valence-corrected chi connectivity index (χ0v) is 8.78. The van der Waals surface area contributed by atoms with Crippen LogP contribution in [-0.4, -0.2) is 18.2 Å². The fourth-order valence-electron chi connectivity index (χ4n) is 1.05. The van der Waals surface area contributed by atoms with E-state index >= 15 is 0 Å². The van der Waals surface area contributed by atoms with Crippen LogP contribution in [0.3, 0.4) is 0 Å². The first-order valence-corrected chi connectivity index (χ1v) is 4.47. The molecule has 0 saturated heterocycles. The van der Waals surface area contributed by atoms with Crippen molar-refractivity contribution in [2.75, 3.05) is 7.11 Å². The molecule has 0 aliphatic carbocycles. The highest BCUT2D eigenvalue weighted by molar-refractivity contribution is 6.32. The number of halogens is 1. The highest BCUT2D eigenvalue weighted by atomic mass is 35.5. The molecule has 4 nitrogen and oxygen atoms in total. The number of methoxy groups -OCH3 is 1. The third-order valence-corrected chi connectivity index (χ3v) is 2.11. The number of rotatable bonds is 3. The normalized spacial score (nSPS) is 11.2. The van der Waals surface area contributed by atoms with E-state index in [1.165, 1.54) is 13.2 Å². The van der Waals surface area contributed by atoms with Gasteiger partial charge >= 0.3 is 5.97 Å². The standard InChI is InChI=1S/C10H10ClNO3/c1-15-9-4-2-3-7(11)6(9)5-8(12)10(13)14/h2-5H,12H2,1H3,(H,13,14)/b8-5+. The van der Waals surface area contributed by atoms with E-state index in [-0.39, 0.29) is 5.70 Å². The summed E-state index contributed by atoms with van der Waals surface area (Å²) in [5, 5.41) is 9.01. The molecule has 15 heavy (non-hydrogen) atoms. The second-order valence-corrected chi connectivity index (χ2v) is 3.17. The molecule has 0 spiro atoms. The molecule has 0 aliphatic heterocycles. The number of carboxylic acid groups (broad SMARTS) is 1. The van der Waals surface area contributed by atoms with Gasteiger partial charge in [-0.15, -0.1) is 0 Å². The summed E-state index contributed by atoms with van der Waals surface area (Å²) in [7, 11) is 1.47. The van der Waals surface area contributed by atoms with Crippen molar-refractivity contribution < 1.29 is 14.6 Å². The van der Waals surface area contributed by atoms with E-state index in [0.29, 0.717) is 16.3 Å². The first kappa shape index (κ1) is 11.4. The monoisotopic (exact) mass is 227 g/mol. The predicted molar refractivity (Wildman–Crippen MR) is 57.8 cm³/mol. The summed E-state index contributed by atoms with van der Waals surface area (Å²) in [6.07, 6.45) is 1.27. The van der Waals surface area contributed by atoms with Crippen LogP contribution >= 0.6 is 11.6 Å². The Morgan fingerprint density at radius 2 is 2.27 bits per heavy atom. The van der Waals surface area contributed by atoms with Gasteiger partial charge in [-0.2, -0.15) is 0 Å². The van der Waals surface area contributed by atoms with Crippen molar-refractivity contribution in [3.05, 3.63) is 34.5 Å². The fourth-order valence-corrected chi connectivity index (χ4v) is 1.27. The first-order valence-electron chi connectivity index (χ1n) is 4.09. The molecule has 0 radical (unpaired) electrons. The average molecular weight is 228 g/mol. The van der Waals surface area contributed by atoms with Gasteiger partial charge in [0, 0.05) is 5.56 Å². The van der Waals surface area contributed by atoms with Crippen LogP contribution in [0.2, 0.25) is 5.02 Å². The molecule has 5 heteroatoms. The van der Waals surface area contributed by atoms with E-state index in [1.807, 2.05) is 0 Å². The molecule has 0 amide bonds. The van der Waals surface area contributed by atoms with Gasteiger partial charge in [0.05, 0.1) is 12.1 Å². The highest BCUT2D eigenvalue weighted by Gasteiger charge is 2.08. The van der Waals surface area contributed by atoms with Gasteiger partial charge in [0.25, 0.3) is 0 Å². The van der Waals surface area contributed by atoms with Crippen LogP contribution in [0.1, 0.15) is 5.56 Å². The van der Waals surface area contributed by atoms with E-state index in [1.54, 1.807) is 18.2 Å². The van der Waals surface area contributed by atoms with Gasteiger partial charge in [-0.3, -0.25) is 0 Å². The van der Waals surface area contributed by atoms with Crippen LogP contribution in [0.5, 0.6) is 5.75 Å². The number of hydrogen-bond donors (Lipinski definition) is 2. The van der Waals surface area contributed by atoms with E-state index < -0.39 is 5.97 Å². The lowest BCUT2D eigenvalue weighted by atomic mass is 10.1. The molecule has 0 aliphatic rings. The van der Waals surface area contributed by atoms with Gasteiger partial charge in [0.2, 0.25) is 0 Å². The molecule has 0 heterocycles. The van der Waals surface area contributed by atoms with Crippen LogP contribution < -0.4 is 10.5 Å². The number of benzene rings is 1. The van der Waals surface area contributed by atoms with Gasteiger partial charge in [0.15, 0.2) is 0 Å². The van der Waals surface area contributed by atoms with E-state index in [9.17, 15) is 4.79 Å². The van der Waals surface area contributed by atoms with E-state index in [0.717, 1.165) is 0 Å². The van der Waals surface area contributed by atoms with Crippen LogP contribution in [0.25, 0.3) is 6.08 Å². The van der Waals surface area contributed by atoms with Gasteiger partial charge < -0.3 is 15.6 Å². The van der Waals surface area contributed by atoms with Crippen LogP contribution in [-0.2, 0) is 4.79 Å². The maximum Gasteiger partial charge on any atom is 0.351 e. The van der Waals surface area contributed by atoms with Crippen molar-refractivity contribution in [1.29, 1.82) is 0 Å². The highest BCUT2D eigenvalue weighted by Crippen LogP contribution is 2.27. The summed E-state index contributed by atoms with van der Waals surface area (Å²) in [6.45, 7) is 0. The van der Waals surface area contributed by atoms with Crippen LogP contribution in [0, 0.1) is 0 Å². The van der Waals surface area contributed by atoms with Crippen molar-refractivity contribution in [2.45, 2.75) is 0 Å². The molecule has 1 rings (SSSR count). The lowest BCUT2D eigenvalue weighted by Gasteiger charge is -2.06. The molecule has 0 aromatic heterocycles. The predicted octanol–water partition coefficient (Wildman–Crippen LogP) is 1.73. The minimum Gasteiger partial charge on any atom is -0.496 e. The first-order chi connectivity index (χ1) is 7.06. The Bertz CT molecular complexity index is 415. The van der Waals surface area contributed by atoms with Crippen molar-refractivity contribution in [1.82, 2.24) is 0 Å². The van der Waals surface area contributed by atoms with Gasteiger partial charge in [-0.1, -0.05) is 17.7 Å². The molecular weight excluding hydrogens is 218 g/mol. The molecule has 1 aromatic rings. The Hall–Kier alpha value is -1.68. The zero-order valence-electron chi connectivity index (χ0n) is 8.03. The summed E-state index contributed by atoms with van der Waals surface area (Å²) < 4.78 is 5.03. The SMILES string of the molecule is COc1cccc(Cl)c1/C=C(/N)C(=O)O. The fraction of sp³-hybridized carbons (Fsp3) is 0.100. The molecule has 80 valence electrons. The lowest BCUT2D eigenvalue weighted by molar-refractivity contribution is -0.132. The van der Waals surface area contributed by atoms with Crippen LogP contribution in [0.15, 0.2) is 23.9 Å². The van der Waals surface area contributed by atoms with Crippen molar-refractivity contribution in [2.24, 2.45) is 5.73 Å². The molecule has 3 N–H and O–H groups in total. The molecule has 0 atom stereocenters. The summed E-state index contributed by atoms with van der Waals surface area (Å²) in [5.41, 5.74) is 5.46. The van der Waals surface area contributed by atoms with Crippen molar-refractivity contribution >= 4 is 23.6 Å². The van der Waals surface area contributed by atoms with Gasteiger partial charge in [-0.25, -0.2) is 4.79 Å². The second-order valence-electron chi connectivity index (χ2n) is 2.76. The Labute approximate surface area is 91.9 Å². The Balaban J connectivity index is 3.24. The number of carboxylic acids is 1. The lowest BCUT2D eigenvalue weighted by Crippen LogP contribution is -2.09. The second kappa shape index (κ2) is 4.70. The summed E-state index contributed by atoms with van der Waals surface area (Å²) in [4.78, 5) is 10.5. The summed E-state index contributed by atoms with van der Waals surface area (Å²) >= 11 is 5.88. The summed E-state index contributed by atoms with van der Waals surface area (Å²) in [6, 6.07) is 5.01. The maximum atomic E-state index is 10.5. The van der Waals surface area contributed by atoms with Gasteiger partial charge in [0.1, 0.15) is 11.4 Å². The number of hydrogen-bond acceptors (Lipinski definition) is 3. The number of aliphatic carboxylic acids is 1. The number of carbonyl (C=O) groups is 1. The zero-order chi connectivity index (χ0) is 11.4. The smallest absolute Gasteiger partial charge is 0.351 e. The van der Waals surface area contributed by atoms with Crippen molar-refractivity contribution in [3.8, 4) is 5.75 Å². The minimum atomic E-state index is -1.20. The maximum absolute atomic E-state index is 10.5. The minimum absolute atomic E-state index is 0.290. The number of ether oxygens (including phenoxy) is 1. The Morgan fingerprint density at radius 1 is 1.60 bits per heavy atom. The third kappa shape index (κ3) is 2.63. The third-order valence-electron chi connectivity index (χ3n) is 1.78. The Morgan fingerprint density at radius 3 is 2.80 bits per heavy atom. The van der Waals surface area contributed by atoms with Crippen LogP contribution in [0.4, 0.5) is 0 Å². The quantitative estimate of drug-likeness (QED) is 0.772. The van der Waals surface area contributed by atoms with Gasteiger partial charge in [-0.05, 0) is 18.2 Å².